The monoisotopic (exact) mass is 401 g/mol. The molecule has 1 amide bonds. The number of rotatable bonds is 6. The van der Waals surface area contributed by atoms with E-state index in [1.807, 2.05) is 26.0 Å². The molecule has 7 nitrogen and oxygen atoms in total. The maximum atomic E-state index is 12.5. The lowest BCUT2D eigenvalue weighted by molar-refractivity contribution is -0.160. The Bertz CT molecular complexity index is 915. The normalized spacial score (nSPS) is 16.7. The van der Waals surface area contributed by atoms with Gasteiger partial charge in [0, 0.05) is 17.5 Å². The fourth-order valence-corrected chi connectivity index (χ4v) is 3.62. The first-order valence-corrected chi connectivity index (χ1v) is 9.99. The fourth-order valence-electron chi connectivity index (χ4n) is 3.62. The Morgan fingerprint density at radius 1 is 1.14 bits per heavy atom. The van der Waals surface area contributed by atoms with Gasteiger partial charge in [0.25, 0.3) is 5.91 Å². The van der Waals surface area contributed by atoms with Crippen LogP contribution in [0.1, 0.15) is 42.9 Å². The zero-order valence-corrected chi connectivity index (χ0v) is 17.2. The number of furan rings is 1. The van der Waals surface area contributed by atoms with Gasteiger partial charge in [0.05, 0.1) is 19.3 Å². The van der Waals surface area contributed by atoms with Crippen molar-refractivity contribution < 1.29 is 28.3 Å². The van der Waals surface area contributed by atoms with Crippen LogP contribution in [0.5, 0.6) is 0 Å². The van der Waals surface area contributed by atoms with E-state index in [2.05, 4.69) is 0 Å². The van der Waals surface area contributed by atoms with E-state index in [4.69, 9.17) is 13.9 Å². The first-order chi connectivity index (χ1) is 13.9. The molecule has 0 N–H and O–H groups in total. The minimum Gasteiger partial charge on any atom is -0.464 e. The van der Waals surface area contributed by atoms with Gasteiger partial charge in [0.15, 0.2) is 6.61 Å². The highest BCUT2D eigenvalue weighted by Gasteiger charge is 2.33. The van der Waals surface area contributed by atoms with E-state index < -0.39 is 18.0 Å². The summed E-state index contributed by atoms with van der Waals surface area (Å²) in [5.74, 6) is -1.29. The van der Waals surface area contributed by atoms with Gasteiger partial charge >= 0.3 is 11.9 Å². The van der Waals surface area contributed by atoms with Crippen molar-refractivity contribution in [2.24, 2.45) is 0 Å². The van der Waals surface area contributed by atoms with Gasteiger partial charge in [-0.05, 0) is 63.3 Å². The van der Waals surface area contributed by atoms with Crippen molar-refractivity contribution in [2.45, 2.75) is 52.5 Å². The predicted octanol–water partition coefficient (Wildman–Crippen LogP) is 3.08. The van der Waals surface area contributed by atoms with Crippen molar-refractivity contribution in [3.05, 3.63) is 35.1 Å². The first kappa shape index (κ1) is 20.9. The van der Waals surface area contributed by atoms with Gasteiger partial charge in [0.2, 0.25) is 0 Å². The lowest BCUT2D eigenvalue weighted by Crippen LogP contribution is -2.50. The van der Waals surface area contributed by atoms with Crippen LogP contribution in [-0.4, -0.2) is 48.5 Å². The number of aryl methyl sites for hydroxylation is 2. The molecule has 3 rings (SSSR count). The Hall–Kier alpha value is -2.83. The average Bonchev–Trinajstić information content (AvgIpc) is 3.08. The first-order valence-electron chi connectivity index (χ1n) is 9.99. The minimum atomic E-state index is -0.598. The van der Waals surface area contributed by atoms with E-state index >= 15 is 0 Å². The largest absolute Gasteiger partial charge is 0.464 e. The third-order valence-corrected chi connectivity index (χ3v) is 5.34. The van der Waals surface area contributed by atoms with E-state index in [0.717, 1.165) is 40.5 Å². The number of carbonyl (C=O) groups excluding carboxylic acids is 3. The third-order valence-electron chi connectivity index (χ3n) is 5.34. The Morgan fingerprint density at radius 3 is 2.66 bits per heavy atom. The highest BCUT2D eigenvalue weighted by Crippen LogP contribution is 2.25. The fraction of sp³-hybridized carbons (Fsp3) is 0.500. The molecule has 1 unspecified atom stereocenters. The van der Waals surface area contributed by atoms with Crippen LogP contribution in [0.3, 0.4) is 0 Å². The van der Waals surface area contributed by atoms with Crippen molar-refractivity contribution >= 4 is 28.8 Å². The molecule has 7 heteroatoms. The summed E-state index contributed by atoms with van der Waals surface area (Å²) in [6.45, 7) is 6.08. The number of amides is 1. The zero-order chi connectivity index (χ0) is 21.0. The van der Waals surface area contributed by atoms with Crippen LogP contribution in [-0.2, 0) is 30.3 Å². The van der Waals surface area contributed by atoms with Gasteiger partial charge < -0.3 is 18.8 Å². The summed E-state index contributed by atoms with van der Waals surface area (Å²) < 4.78 is 15.8. The molecule has 2 heterocycles. The number of carbonyl (C=O) groups is 3. The molecule has 2 aromatic rings. The van der Waals surface area contributed by atoms with Gasteiger partial charge in [-0.25, -0.2) is 4.79 Å². The molecule has 1 atom stereocenters. The Labute approximate surface area is 169 Å². The summed E-state index contributed by atoms with van der Waals surface area (Å²) in [4.78, 5) is 38.4. The van der Waals surface area contributed by atoms with E-state index in [9.17, 15) is 14.4 Å². The SMILES string of the molecule is CCOC(=O)C1CCCCN1C(=O)COC(=O)Cc1coc2cc(C)c(C)cc12. The van der Waals surface area contributed by atoms with Crippen molar-refractivity contribution in [2.75, 3.05) is 19.8 Å². The highest BCUT2D eigenvalue weighted by atomic mass is 16.5. The van der Waals surface area contributed by atoms with Gasteiger partial charge in [-0.3, -0.25) is 9.59 Å². The lowest BCUT2D eigenvalue weighted by Gasteiger charge is -2.33. The summed E-state index contributed by atoms with van der Waals surface area (Å²) in [5.41, 5.74) is 3.67. The van der Waals surface area contributed by atoms with Crippen molar-refractivity contribution in [1.82, 2.24) is 4.90 Å². The summed E-state index contributed by atoms with van der Waals surface area (Å²) in [7, 11) is 0. The molecule has 0 saturated carbocycles. The zero-order valence-electron chi connectivity index (χ0n) is 17.2. The maximum absolute atomic E-state index is 12.5. The number of hydrogen-bond acceptors (Lipinski definition) is 6. The Kier molecular flexibility index (Phi) is 6.56. The second kappa shape index (κ2) is 9.11. The summed E-state index contributed by atoms with van der Waals surface area (Å²) >= 11 is 0. The Morgan fingerprint density at radius 2 is 1.90 bits per heavy atom. The van der Waals surface area contributed by atoms with Gasteiger partial charge in [-0.15, -0.1) is 0 Å². The molecule has 1 aromatic carbocycles. The topological polar surface area (TPSA) is 86.0 Å². The lowest BCUT2D eigenvalue weighted by atomic mass is 10.0. The van der Waals surface area contributed by atoms with E-state index in [1.165, 1.54) is 4.90 Å². The molecular weight excluding hydrogens is 374 g/mol. The number of ether oxygens (including phenoxy) is 2. The molecule has 0 bridgehead atoms. The number of benzene rings is 1. The number of hydrogen-bond donors (Lipinski definition) is 0. The van der Waals surface area contributed by atoms with Gasteiger partial charge in [-0.1, -0.05) is 0 Å². The number of piperidine rings is 1. The molecule has 0 radical (unpaired) electrons. The van der Waals surface area contributed by atoms with Crippen LogP contribution in [0.4, 0.5) is 0 Å². The van der Waals surface area contributed by atoms with Crippen LogP contribution >= 0.6 is 0 Å². The number of nitrogens with zero attached hydrogens (tertiary/aromatic N) is 1. The van der Waals surface area contributed by atoms with E-state index in [-0.39, 0.29) is 25.5 Å². The van der Waals surface area contributed by atoms with E-state index in [0.29, 0.717) is 13.0 Å². The molecule has 1 saturated heterocycles. The standard InChI is InChI=1S/C22H27NO6/c1-4-27-22(26)18-7-5-6-8-23(18)20(24)13-29-21(25)11-16-12-28-19-10-15(3)14(2)9-17(16)19/h9-10,12,18H,4-8,11,13H2,1-3H3. The minimum absolute atomic E-state index is 0.0179. The smallest absolute Gasteiger partial charge is 0.328 e. The number of esters is 2. The quantitative estimate of drug-likeness (QED) is 0.692. The highest BCUT2D eigenvalue weighted by molar-refractivity contribution is 5.89. The van der Waals surface area contributed by atoms with Crippen LogP contribution in [0.15, 0.2) is 22.8 Å². The average molecular weight is 401 g/mol. The molecule has 1 aliphatic rings. The van der Waals surface area contributed by atoms with Crippen LogP contribution in [0.25, 0.3) is 11.0 Å². The molecule has 156 valence electrons. The molecule has 1 aliphatic heterocycles. The number of fused-ring (bicyclic) bond motifs is 1. The molecule has 29 heavy (non-hydrogen) atoms. The summed E-state index contributed by atoms with van der Waals surface area (Å²) in [5, 5.41) is 0.870. The van der Waals surface area contributed by atoms with Gasteiger partial charge in [0.1, 0.15) is 11.6 Å². The molecule has 0 spiro atoms. The van der Waals surface area contributed by atoms with Crippen LogP contribution in [0, 0.1) is 13.8 Å². The predicted molar refractivity (Wildman–Crippen MR) is 106 cm³/mol. The molecule has 0 aliphatic carbocycles. The molecular formula is C22H27NO6. The van der Waals surface area contributed by atoms with Crippen LogP contribution in [0.2, 0.25) is 0 Å². The van der Waals surface area contributed by atoms with Crippen molar-refractivity contribution in [3.63, 3.8) is 0 Å². The second-order valence-electron chi connectivity index (χ2n) is 7.38. The molecule has 1 fully saturated rings. The van der Waals surface area contributed by atoms with Crippen LogP contribution < -0.4 is 0 Å². The van der Waals surface area contributed by atoms with Gasteiger partial charge in [-0.2, -0.15) is 0 Å². The third kappa shape index (κ3) is 4.78. The second-order valence-corrected chi connectivity index (χ2v) is 7.38. The van der Waals surface area contributed by atoms with Crippen molar-refractivity contribution in [1.29, 1.82) is 0 Å². The Balaban J connectivity index is 1.59. The maximum Gasteiger partial charge on any atom is 0.328 e. The summed E-state index contributed by atoms with van der Waals surface area (Å²) in [6, 6.07) is 3.33. The number of likely N-dealkylation sites (tertiary alicyclic amines) is 1. The molecule has 1 aromatic heterocycles. The van der Waals surface area contributed by atoms with E-state index in [1.54, 1.807) is 13.2 Å². The summed E-state index contributed by atoms with van der Waals surface area (Å²) in [6.07, 6.45) is 3.81. The van der Waals surface area contributed by atoms with Crippen molar-refractivity contribution in [3.8, 4) is 0 Å².